The summed E-state index contributed by atoms with van der Waals surface area (Å²) in [5.41, 5.74) is 1.33. The molecule has 17 heavy (non-hydrogen) atoms. The Morgan fingerprint density at radius 3 is 2.41 bits per heavy atom. The minimum atomic E-state index is -1.70. The van der Waals surface area contributed by atoms with E-state index < -0.39 is 8.32 Å². The minimum Gasteiger partial charge on any atom is -0.543 e. The molecule has 0 atom stereocenters. The summed E-state index contributed by atoms with van der Waals surface area (Å²) < 4.78 is 6.28. The molecule has 0 amide bonds. The maximum Gasteiger partial charge on any atom is 0.250 e. The Hall–Kier alpha value is -0.283. The molecule has 0 radical (unpaired) electrons. The average molecular weight is 315 g/mol. The molecule has 0 spiro atoms. The number of aryl methyl sites for hydroxylation is 1. The summed E-state index contributed by atoms with van der Waals surface area (Å²) in [6.45, 7) is 11.4. The molecule has 0 aliphatic rings. The predicted octanol–water partition coefficient (Wildman–Crippen LogP) is 5.01. The molecule has 1 rings (SSSR count). The number of hydrogen-bond donors (Lipinski definition) is 0. The van der Waals surface area contributed by atoms with E-state index in [0.29, 0.717) is 0 Å². The summed E-state index contributed by atoms with van der Waals surface area (Å²) in [6.07, 6.45) is 1.05. The van der Waals surface area contributed by atoms with Gasteiger partial charge in [-0.1, -0.05) is 48.8 Å². The van der Waals surface area contributed by atoms with E-state index in [-0.39, 0.29) is 5.04 Å². The highest BCUT2D eigenvalue weighted by Gasteiger charge is 2.38. The number of rotatable bonds is 4. The van der Waals surface area contributed by atoms with Crippen molar-refractivity contribution in [3.8, 4) is 5.75 Å². The first kappa shape index (κ1) is 14.8. The average Bonchev–Trinajstić information content (AvgIpc) is 2.16. The van der Waals surface area contributed by atoms with Crippen molar-refractivity contribution < 1.29 is 4.43 Å². The van der Waals surface area contributed by atoms with Gasteiger partial charge in [0.1, 0.15) is 5.75 Å². The van der Waals surface area contributed by atoms with Crippen molar-refractivity contribution in [1.29, 1.82) is 0 Å². The quantitative estimate of drug-likeness (QED) is 0.561. The van der Waals surface area contributed by atoms with Crippen molar-refractivity contribution in [2.75, 3.05) is 5.33 Å². The molecule has 1 aromatic rings. The SMILES string of the molecule is CC(C)(C)[Si](C)(C)Oc1cccc(CCBr)c1. The summed E-state index contributed by atoms with van der Waals surface area (Å²) in [5.74, 6) is 1.02. The maximum absolute atomic E-state index is 6.28. The molecule has 0 aliphatic heterocycles. The summed E-state index contributed by atoms with van der Waals surface area (Å²) >= 11 is 3.47. The monoisotopic (exact) mass is 314 g/mol. The van der Waals surface area contributed by atoms with Gasteiger partial charge < -0.3 is 4.43 Å². The largest absolute Gasteiger partial charge is 0.543 e. The van der Waals surface area contributed by atoms with E-state index in [0.717, 1.165) is 17.5 Å². The normalized spacial score (nSPS) is 12.6. The Morgan fingerprint density at radius 2 is 1.88 bits per heavy atom. The lowest BCUT2D eigenvalue weighted by atomic mass is 10.2. The fraction of sp³-hybridized carbons (Fsp3) is 0.571. The van der Waals surface area contributed by atoms with Gasteiger partial charge in [0.25, 0.3) is 0 Å². The molecule has 0 saturated heterocycles. The van der Waals surface area contributed by atoms with Crippen molar-refractivity contribution in [3.63, 3.8) is 0 Å². The standard InChI is InChI=1S/C14H23BrOSi/c1-14(2,3)17(4,5)16-13-8-6-7-12(11-13)9-10-15/h6-8,11H,9-10H2,1-5H3. The van der Waals surface area contributed by atoms with Gasteiger partial charge in [-0.15, -0.1) is 0 Å². The zero-order valence-corrected chi connectivity index (χ0v) is 14.1. The zero-order valence-electron chi connectivity index (χ0n) is 11.5. The van der Waals surface area contributed by atoms with Gasteiger partial charge in [0, 0.05) is 5.33 Å². The van der Waals surface area contributed by atoms with Crippen LogP contribution in [0.1, 0.15) is 26.3 Å². The number of halogens is 1. The van der Waals surface area contributed by atoms with Crippen molar-refractivity contribution in [1.82, 2.24) is 0 Å². The van der Waals surface area contributed by atoms with Gasteiger partial charge in [0.2, 0.25) is 8.32 Å². The van der Waals surface area contributed by atoms with Crippen molar-refractivity contribution in [2.24, 2.45) is 0 Å². The van der Waals surface area contributed by atoms with Gasteiger partial charge >= 0.3 is 0 Å². The van der Waals surface area contributed by atoms with Gasteiger partial charge in [0.05, 0.1) is 0 Å². The van der Waals surface area contributed by atoms with E-state index >= 15 is 0 Å². The molecule has 3 heteroatoms. The molecule has 0 aliphatic carbocycles. The molecule has 1 aromatic carbocycles. The fourth-order valence-corrected chi connectivity index (χ4v) is 2.80. The van der Waals surface area contributed by atoms with Crippen molar-refractivity contribution >= 4 is 24.2 Å². The first-order chi connectivity index (χ1) is 7.76. The molecule has 0 aromatic heterocycles. The smallest absolute Gasteiger partial charge is 0.250 e. The molecule has 0 unspecified atom stereocenters. The molecule has 0 N–H and O–H groups in total. The van der Waals surface area contributed by atoms with Crippen LogP contribution in [0.25, 0.3) is 0 Å². The lowest BCUT2D eigenvalue weighted by molar-refractivity contribution is 0.491. The molecule has 96 valence electrons. The Balaban J connectivity index is 2.84. The second-order valence-electron chi connectivity index (χ2n) is 5.95. The first-order valence-electron chi connectivity index (χ1n) is 6.10. The first-order valence-corrected chi connectivity index (χ1v) is 10.1. The highest BCUT2D eigenvalue weighted by molar-refractivity contribution is 9.09. The summed E-state index contributed by atoms with van der Waals surface area (Å²) in [5, 5.41) is 1.25. The van der Waals surface area contributed by atoms with Crippen LogP contribution in [-0.4, -0.2) is 13.6 Å². The van der Waals surface area contributed by atoms with Gasteiger partial charge in [-0.25, -0.2) is 0 Å². The van der Waals surface area contributed by atoms with Crippen LogP contribution in [0.5, 0.6) is 5.75 Å². The molecule has 0 fully saturated rings. The maximum atomic E-state index is 6.28. The van der Waals surface area contributed by atoms with Crippen LogP contribution >= 0.6 is 15.9 Å². The predicted molar refractivity (Wildman–Crippen MR) is 81.8 cm³/mol. The topological polar surface area (TPSA) is 9.23 Å². The third kappa shape index (κ3) is 4.14. The molecular formula is C14H23BrOSi. The second-order valence-corrected chi connectivity index (χ2v) is 11.5. The van der Waals surface area contributed by atoms with E-state index in [1.54, 1.807) is 0 Å². The van der Waals surface area contributed by atoms with E-state index in [1.165, 1.54) is 5.56 Å². The Labute approximate surface area is 115 Å². The molecule has 0 saturated carbocycles. The van der Waals surface area contributed by atoms with Gasteiger partial charge in [0.15, 0.2) is 0 Å². The molecule has 0 heterocycles. The van der Waals surface area contributed by atoms with Crippen molar-refractivity contribution in [2.45, 2.75) is 45.3 Å². The minimum absolute atomic E-state index is 0.248. The molecule has 1 nitrogen and oxygen atoms in total. The third-order valence-electron chi connectivity index (χ3n) is 3.46. The van der Waals surface area contributed by atoms with Gasteiger partial charge in [-0.2, -0.15) is 0 Å². The number of alkyl halides is 1. The van der Waals surface area contributed by atoms with Crippen LogP contribution in [0.4, 0.5) is 0 Å². The molecule has 0 bridgehead atoms. The van der Waals surface area contributed by atoms with Crippen molar-refractivity contribution in [3.05, 3.63) is 29.8 Å². The van der Waals surface area contributed by atoms with Crippen LogP contribution in [-0.2, 0) is 6.42 Å². The van der Waals surface area contributed by atoms with Crippen LogP contribution < -0.4 is 4.43 Å². The van der Waals surface area contributed by atoms with E-state index in [9.17, 15) is 0 Å². The van der Waals surface area contributed by atoms with Crippen LogP contribution in [0, 0.1) is 0 Å². The van der Waals surface area contributed by atoms with E-state index in [2.05, 4.69) is 74.1 Å². The van der Waals surface area contributed by atoms with Crippen LogP contribution in [0.15, 0.2) is 24.3 Å². The lowest BCUT2D eigenvalue weighted by Crippen LogP contribution is -2.43. The summed E-state index contributed by atoms with van der Waals surface area (Å²) in [7, 11) is -1.70. The molecular weight excluding hydrogens is 292 g/mol. The second kappa shape index (κ2) is 5.57. The Kier molecular flexibility index (Phi) is 4.84. The number of hydrogen-bond acceptors (Lipinski definition) is 1. The van der Waals surface area contributed by atoms with Crippen LogP contribution in [0.2, 0.25) is 18.1 Å². The van der Waals surface area contributed by atoms with E-state index in [4.69, 9.17) is 4.43 Å². The fourth-order valence-electron chi connectivity index (χ4n) is 1.32. The van der Waals surface area contributed by atoms with Crippen LogP contribution in [0.3, 0.4) is 0 Å². The van der Waals surface area contributed by atoms with E-state index in [1.807, 2.05) is 0 Å². The summed E-state index contributed by atoms with van der Waals surface area (Å²) in [6, 6.07) is 8.47. The highest BCUT2D eigenvalue weighted by Crippen LogP contribution is 2.37. The zero-order chi connectivity index (χ0) is 13.1. The summed E-state index contributed by atoms with van der Waals surface area (Å²) in [4.78, 5) is 0. The van der Waals surface area contributed by atoms with Gasteiger partial charge in [-0.3, -0.25) is 0 Å². The lowest BCUT2D eigenvalue weighted by Gasteiger charge is -2.36. The number of benzene rings is 1. The Bertz CT molecular complexity index is 369. The van der Waals surface area contributed by atoms with Gasteiger partial charge in [-0.05, 0) is 42.2 Å². The Morgan fingerprint density at radius 1 is 1.24 bits per heavy atom. The third-order valence-corrected chi connectivity index (χ3v) is 8.22. The highest BCUT2D eigenvalue weighted by atomic mass is 79.9.